The highest BCUT2D eigenvalue weighted by molar-refractivity contribution is 5.87. The quantitative estimate of drug-likeness (QED) is 0.217. The second-order valence-corrected chi connectivity index (χ2v) is 16.0. The lowest BCUT2D eigenvalue weighted by molar-refractivity contribution is -0.157. The van der Waals surface area contributed by atoms with Crippen LogP contribution in [-0.2, 0) is 9.53 Å². The lowest BCUT2D eigenvalue weighted by Gasteiger charge is -2.61. The molecule has 0 spiro atoms. The molecule has 4 aliphatic carbocycles. The number of hydrogen-bond donors (Lipinski definition) is 1. The van der Waals surface area contributed by atoms with Gasteiger partial charge in [0.25, 0.3) is 0 Å². The summed E-state index contributed by atoms with van der Waals surface area (Å²) < 4.78 is 11.2. The second-order valence-electron chi connectivity index (χ2n) is 16.0. The van der Waals surface area contributed by atoms with E-state index >= 15 is 0 Å². The van der Waals surface area contributed by atoms with Crippen LogP contribution in [0.15, 0.2) is 24.3 Å². The molecule has 1 aromatic carbocycles. The summed E-state index contributed by atoms with van der Waals surface area (Å²) in [6, 6.07) is 5.07. The Bertz CT molecular complexity index is 1140. The van der Waals surface area contributed by atoms with E-state index in [1.165, 1.54) is 77.4 Å². The van der Waals surface area contributed by atoms with E-state index in [0.29, 0.717) is 22.5 Å². The minimum Gasteiger partial charge on any atom is -0.504 e. The number of methoxy groups -OCH3 is 1. The summed E-state index contributed by atoms with van der Waals surface area (Å²) in [6.07, 6.45) is 19.0. The fraction of sp³-hybridized carbons (Fsp3) is 0.769. The molecule has 1 N–H and O–H groups in total. The molecule has 10 atom stereocenters. The molecule has 0 aromatic heterocycles. The highest BCUT2D eigenvalue weighted by Gasteiger charge is 2.60. The molecule has 4 heteroatoms. The van der Waals surface area contributed by atoms with Gasteiger partial charge in [-0.1, -0.05) is 60.5 Å². The monoisotopic (exact) mass is 592 g/mol. The first-order chi connectivity index (χ1) is 20.5. The molecule has 0 radical (unpaired) electrons. The Morgan fingerprint density at radius 3 is 2.47 bits per heavy atom. The van der Waals surface area contributed by atoms with Crippen LogP contribution in [0.2, 0.25) is 0 Å². The average Bonchev–Trinajstić information content (AvgIpc) is 3.34. The highest BCUT2D eigenvalue weighted by atomic mass is 16.5. The largest absolute Gasteiger partial charge is 0.504 e. The maximum Gasteiger partial charge on any atom is 0.331 e. The molecule has 0 saturated heterocycles. The van der Waals surface area contributed by atoms with Crippen molar-refractivity contribution < 1.29 is 19.4 Å². The highest BCUT2D eigenvalue weighted by Crippen LogP contribution is 2.68. The van der Waals surface area contributed by atoms with Gasteiger partial charge in [-0.2, -0.15) is 0 Å². The van der Waals surface area contributed by atoms with Gasteiger partial charge < -0.3 is 14.6 Å². The molecule has 0 unspecified atom stereocenters. The van der Waals surface area contributed by atoms with Crippen molar-refractivity contribution in [3.05, 3.63) is 29.8 Å². The molecule has 0 heterocycles. The maximum atomic E-state index is 12.8. The Hall–Kier alpha value is -1.97. The number of fused-ring (bicyclic) bond motifs is 5. The Kier molecular flexibility index (Phi) is 9.94. The zero-order chi connectivity index (χ0) is 30.9. The van der Waals surface area contributed by atoms with Crippen LogP contribution in [0.3, 0.4) is 0 Å². The number of benzene rings is 1. The Balaban J connectivity index is 1.17. The van der Waals surface area contributed by atoms with Crippen LogP contribution < -0.4 is 4.74 Å². The number of carbonyl (C=O) groups excluding carboxylic acids is 1. The molecule has 4 fully saturated rings. The molecule has 4 aliphatic rings. The van der Waals surface area contributed by atoms with Crippen molar-refractivity contribution in [1.29, 1.82) is 0 Å². The number of aromatic hydroxyl groups is 1. The molecular weight excluding hydrogens is 532 g/mol. The fourth-order valence-corrected chi connectivity index (χ4v) is 11.2. The van der Waals surface area contributed by atoms with Crippen LogP contribution in [0.5, 0.6) is 11.5 Å². The minimum atomic E-state index is -0.271. The number of rotatable bonds is 10. The fourth-order valence-electron chi connectivity index (χ4n) is 11.2. The molecular formula is C39H60O4. The average molecular weight is 593 g/mol. The van der Waals surface area contributed by atoms with E-state index in [0.717, 1.165) is 59.8 Å². The Morgan fingerprint density at radius 1 is 1.00 bits per heavy atom. The van der Waals surface area contributed by atoms with Crippen LogP contribution in [0.4, 0.5) is 0 Å². The van der Waals surface area contributed by atoms with Crippen molar-refractivity contribution in [2.24, 2.45) is 58.2 Å². The van der Waals surface area contributed by atoms with Gasteiger partial charge in [-0.15, -0.1) is 0 Å². The standard InChI is InChI=1S/C39H60O4/c1-8-28(25(2)3)12-9-26(4)32-15-16-33-31-14-13-29-24-30(19-21-38(29,5)34(31)20-22-39(32,33)6)43-37(41)18-11-27-10-17-35(40)36(23-27)42-7/h10-11,17-18,23,25-26,28-34,40H,8-9,12-16,19-22,24H2,1-7H3/t26-,28-,29+,30+,31+,32-,33+,34+,38+,39-/m1/s1. The van der Waals surface area contributed by atoms with E-state index in [9.17, 15) is 9.90 Å². The van der Waals surface area contributed by atoms with Crippen LogP contribution in [-0.4, -0.2) is 24.3 Å². The number of phenolic OH excluding ortho intramolecular Hbond substituents is 1. The summed E-state index contributed by atoms with van der Waals surface area (Å²) in [4.78, 5) is 12.8. The SMILES string of the molecule is CC[C@H](CC[C@@H](C)[C@H]1CC[C@H]2[C@@H]3CC[C@H]4C[C@@H](OC(=O)C=Cc5ccc(O)c(OC)c5)CC[C@]4(C)[C@H]3CC[C@]12C)C(C)C. The molecule has 1 aromatic rings. The van der Waals surface area contributed by atoms with E-state index in [1.807, 2.05) is 0 Å². The van der Waals surface area contributed by atoms with E-state index in [2.05, 4.69) is 41.5 Å². The third-order valence-electron chi connectivity index (χ3n) is 13.7. The molecule has 240 valence electrons. The lowest BCUT2D eigenvalue weighted by Crippen LogP contribution is -2.54. The predicted molar refractivity (Wildman–Crippen MR) is 176 cm³/mol. The minimum absolute atomic E-state index is 0.0180. The molecule has 43 heavy (non-hydrogen) atoms. The molecule has 4 nitrogen and oxygen atoms in total. The first kappa shape index (κ1) is 32.4. The van der Waals surface area contributed by atoms with Crippen molar-refractivity contribution in [3.63, 3.8) is 0 Å². The van der Waals surface area contributed by atoms with Gasteiger partial charge >= 0.3 is 5.97 Å². The topological polar surface area (TPSA) is 55.8 Å². The summed E-state index contributed by atoms with van der Waals surface area (Å²) in [5.74, 6) is 6.95. The zero-order valence-electron chi connectivity index (χ0n) is 28.2. The first-order valence-electron chi connectivity index (χ1n) is 17.8. The van der Waals surface area contributed by atoms with E-state index in [4.69, 9.17) is 9.47 Å². The summed E-state index contributed by atoms with van der Waals surface area (Å²) in [5, 5.41) is 9.83. The Morgan fingerprint density at radius 2 is 1.74 bits per heavy atom. The first-order valence-corrected chi connectivity index (χ1v) is 17.8. The van der Waals surface area contributed by atoms with Gasteiger partial charge in [0.1, 0.15) is 6.10 Å². The molecule has 0 bridgehead atoms. The van der Waals surface area contributed by atoms with Crippen molar-refractivity contribution in [3.8, 4) is 11.5 Å². The second kappa shape index (κ2) is 13.2. The number of hydrogen-bond acceptors (Lipinski definition) is 4. The molecule has 0 aliphatic heterocycles. The van der Waals surface area contributed by atoms with E-state index < -0.39 is 0 Å². The third-order valence-corrected chi connectivity index (χ3v) is 13.7. The lowest BCUT2D eigenvalue weighted by atomic mass is 9.44. The van der Waals surface area contributed by atoms with E-state index in [1.54, 1.807) is 24.3 Å². The predicted octanol–water partition coefficient (Wildman–Crippen LogP) is 10.1. The van der Waals surface area contributed by atoms with Crippen molar-refractivity contribution in [2.45, 2.75) is 125 Å². The van der Waals surface area contributed by atoms with Gasteiger partial charge in [-0.3, -0.25) is 0 Å². The van der Waals surface area contributed by atoms with Crippen LogP contribution >= 0.6 is 0 Å². The zero-order valence-corrected chi connectivity index (χ0v) is 28.2. The number of esters is 1. The smallest absolute Gasteiger partial charge is 0.331 e. The Labute approximate surface area is 262 Å². The summed E-state index contributed by atoms with van der Waals surface area (Å²) >= 11 is 0. The third kappa shape index (κ3) is 6.41. The van der Waals surface area contributed by atoms with Crippen molar-refractivity contribution >= 4 is 12.0 Å². The summed E-state index contributed by atoms with van der Waals surface area (Å²) in [7, 11) is 1.52. The van der Waals surface area contributed by atoms with Gasteiger partial charge in [-0.05, 0) is 146 Å². The number of carbonyl (C=O) groups is 1. The maximum absolute atomic E-state index is 12.8. The van der Waals surface area contributed by atoms with Crippen LogP contribution in [0.1, 0.15) is 124 Å². The molecule has 5 rings (SSSR count). The van der Waals surface area contributed by atoms with E-state index in [-0.39, 0.29) is 17.8 Å². The number of phenols is 1. The van der Waals surface area contributed by atoms with Crippen LogP contribution in [0.25, 0.3) is 6.08 Å². The molecule has 4 saturated carbocycles. The van der Waals surface area contributed by atoms with Gasteiger partial charge in [0.2, 0.25) is 0 Å². The van der Waals surface area contributed by atoms with Gasteiger partial charge in [-0.25, -0.2) is 4.79 Å². The van der Waals surface area contributed by atoms with Gasteiger partial charge in [0, 0.05) is 6.08 Å². The van der Waals surface area contributed by atoms with Gasteiger partial charge in [0.15, 0.2) is 11.5 Å². The summed E-state index contributed by atoms with van der Waals surface area (Å²) in [5.41, 5.74) is 1.72. The van der Waals surface area contributed by atoms with Gasteiger partial charge in [0.05, 0.1) is 7.11 Å². The van der Waals surface area contributed by atoms with Crippen molar-refractivity contribution in [1.82, 2.24) is 0 Å². The normalized spacial score (nSPS) is 36.9. The van der Waals surface area contributed by atoms with Crippen LogP contribution in [0, 0.1) is 58.2 Å². The van der Waals surface area contributed by atoms with Crippen molar-refractivity contribution in [2.75, 3.05) is 7.11 Å². The summed E-state index contributed by atoms with van der Waals surface area (Å²) in [6.45, 7) is 15.1. The number of ether oxygens (including phenoxy) is 2. The molecule has 0 amide bonds.